The fraction of sp³-hybridized carbons (Fsp3) is 0.143. The Morgan fingerprint density at radius 2 is 1.73 bits per heavy atom. The number of halogens is 1. The van der Waals surface area contributed by atoms with Gasteiger partial charge in [0.05, 0.1) is 5.69 Å². The number of aromatic nitrogens is 2. The minimum absolute atomic E-state index is 0.310. The first kappa shape index (κ1) is 16.7. The molecule has 0 fully saturated rings. The van der Waals surface area contributed by atoms with Gasteiger partial charge >= 0.3 is 0 Å². The fourth-order valence-corrected chi connectivity index (χ4v) is 4.20. The predicted molar refractivity (Wildman–Crippen MR) is 103 cm³/mol. The summed E-state index contributed by atoms with van der Waals surface area (Å²) < 4.78 is 15.1. The van der Waals surface area contributed by atoms with Gasteiger partial charge in [0, 0.05) is 10.4 Å². The standard InChI is InChI=1S/C21H17FN2OS/c1-3-14-4-6-16(7-5-14)20-13(2)26-21-23-19(18(12-25)24(20)21)15-8-10-17(22)11-9-15/h4-12H,3H2,1-2H3. The molecule has 0 saturated heterocycles. The molecule has 4 aromatic rings. The molecule has 3 nitrogen and oxygen atoms in total. The molecule has 0 aliphatic carbocycles. The van der Waals surface area contributed by atoms with Crippen LogP contribution < -0.4 is 0 Å². The van der Waals surface area contributed by atoms with E-state index in [0.717, 1.165) is 39.4 Å². The molecule has 0 radical (unpaired) electrons. The summed E-state index contributed by atoms with van der Waals surface area (Å²) in [6.07, 6.45) is 1.81. The first-order chi connectivity index (χ1) is 12.6. The van der Waals surface area contributed by atoms with Crippen molar-refractivity contribution < 1.29 is 9.18 Å². The number of aldehydes is 1. The lowest BCUT2D eigenvalue weighted by Crippen LogP contribution is -1.95. The number of rotatable bonds is 4. The summed E-state index contributed by atoms with van der Waals surface area (Å²) in [5.41, 5.74) is 5.11. The van der Waals surface area contributed by atoms with E-state index in [1.807, 2.05) is 11.3 Å². The van der Waals surface area contributed by atoms with Crippen LogP contribution in [0.15, 0.2) is 48.5 Å². The van der Waals surface area contributed by atoms with Gasteiger partial charge in [-0.3, -0.25) is 9.20 Å². The minimum Gasteiger partial charge on any atom is -0.296 e. The number of thiazole rings is 1. The minimum atomic E-state index is -0.310. The summed E-state index contributed by atoms with van der Waals surface area (Å²) in [5.74, 6) is -0.310. The van der Waals surface area contributed by atoms with Crippen LogP contribution in [0, 0.1) is 12.7 Å². The number of hydrogen-bond donors (Lipinski definition) is 0. The Balaban J connectivity index is 1.95. The van der Waals surface area contributed by atoms with Gasteiger partial charge in [0.1, 0.15) is 17.2 Å². The molecule has 0 aliphatic rings. The van der Waals surface area contributed by atoms with Crippen LogP contribution in [0.25, 0.3) is 27.5 Å². The van der Waals surface area contributed by atoms with Crippen molar-refractivity contribution in [3.05, 3.63) is 70.5 Å². The molecule has 0 N–H and O–H groups in total. The van der Waals surface area contributed by atoms with Crippen LogP contribution in [0.5, 0.6) is 0 Å². The Hall–Kier alpha value is -2.79. The van der Waals surface area contributed by atoms with Crippen molar-refractivity contribution in [3.63, 3.8) is 0 Å². The summed E-state index contributed by atoms with van der Waals surface area (Å²) >= 11 is 1.55. The average Bonchev–Trinajstić information content (AvgIpc) is 3.16. The molecule has 0 unspecified atom stereocenters. The van der Waals surface area contributed by atoms with Gasteiger partial charge < -0.3 is 0 Å². The molecule has 5 heteroatoms. The Morgan fingerprint density at radius 1 is 1.08 bits per heavy atom. The lowest BCUT2D eigenvalue weighted by atomic mass is 10.1. The third-order valence-corrected chi connectivity index (χ3v) is 5.50. The summed E-state index contributed by atoms with van der Waals surface area (Å²) in [4.78, 5) is 18.4. The second-order valence-corrected chi connectivity index (χ2v) is 7.33. The zero-order valence-corrected chi connectivity index (χ0v) is 15.3. The maximum Gasteiger partial charge on any atom is 0.195 e. The predicted octanol–water partition coefficient (Wildman–Crippen LogP) is 5.55. The summed E-state index contributed by atoms with van der Waals surface area (Å²) in [6.45, 7) is 4.16. The molecule has 2 aromatic carbocycles. The molecule has 4 rings (SSSR count). The highest BCUT2D eigenvalue weighted by Crippen LogP contribution is 2.35. The molecule has 0 saturated carbocycles. The van der Waals surface area contributed by atoms with Crippen molar-refractivity contribution in [2.45, 2.75) is 20.3 Å². The first-order valence-corrected chi connectivity index (χ1v) is 9.26. The highest BCUT2D eigenvalue weighted by molar-refractivity contribution is 7.17. The molecule has 0 amide bonds. The molecule has 2 aromatic heterocycles. The molecule has 0 bridgehead atoms. The van der Waals surface area contributed by atoms with E-state index in [0.29, 0.717) is 11.4 Å². The van der Waals surface area contributed by atoms with E-state index in [1.165, 1.54) is 17.7 Å². The third-order valence-electron chi connectivity index (χ3n) is 4.55. The van der Waals surface area contributed by atoms with E-state index < -0.39 is 0 Å². The summed E-state index contributed by atoms with van der Waals surface area (Å²) in [6, 6.07) is 14.4. The second kappa shape index (κ2) is 6.50. The Bertz CT molecular complexity index is 1090. The second-order valence-electron chi connectivity index (χ2n) is 6.15. The number of carbonyl (C=O) groups excluding carboxylic acids is 1. The van der Waals surface area contributed by atoms with E-state index in [9.17, 15) is 9.18 Å². The lowest BCUT2D eigenvalue weighted by Gasteiger charge is -2.06. The van der Waals surface area contributed by atoms with Gasteiger partial charge in [0.2, 0.25) is 0 Å². The van der Waals surface area contributed by atoms with Crippen LogP contribution in [0.1, 0.15) is 27.9 Å². The maximum atomic E-state index is 13.2. The van der Waals surface area contributed by atoms with Crippen LogP contribution in [-0.2, 0) is 6.42 Å². The van der Waals surface area contributed by atoms with Crippen molar-refractivity contribution in [1.29, 1.82) is 0 Å². The van der Waals surface area contributed by atoms with Crippen molar-refractivity contribution >= 4 is 22.6 Å². The maximum absolute atomic E-state index is 13.2. The quantitative estimate of drug-likeness (QED) is 0.445. The van der Waals surface area contributed by atoms with Gasteiger partial charge in [0.25, 0.3) is 0 Å². The summed E-state index contributed by atoms with van der Waals surface area (Å²) in [7, 11) is 0. The number of nitrogens with zero attached hydrogens (tertiary/aromatic N) is 2. The lowest BCUT2D eigenvalue weighted by molar-refractivity contribution is 0.111. The van der Waals surface area contributed by atoms with E-state index in [1.54, 1.807) is 23.5 Å². The fourth-order valence-electron chi connectivity index (χ4n) is 3.20. The van der Waals surface area contributed by atoms with E-state index in [-0.39, 0.29) is 5.82 Å². The highest BCUT2D eigenvalue weighted by Gasteiger charge is 2.20. The van der Waals surface area contributed by atoms with Gasteiger partial charge in [-0.15, -0.1) is 11.3 Å². The number of fused-ring (bicyclic) bond motifs is 1. The van der Waals surface area contributed by atoms with E-state index in [4.69, 9.17) is 0 Å². The van der Waals surface area contributed by atoms with Crippen LogP contribution in [0.2, 0.25) is 0 Å². The van der Waals surface area contributed by atoms with Crippen LogP contribution in [-0.4, -0.2) is 15.7 Å². The van der Waals surface area contributed by atoms with Gasteiger partial charge in [-0.05, 0) is 48.7 Å². The van der Waals surface area contributed by atoms with Crippen molar-refractivity contribution in [2.75, 3.05) is 0 Å². The highest BCUT2D eigenvalue weighted by atomic mass is 32.1. The molecular formula is C21H17FN2OS. The van der Waals surface area contributed by atoms with Gasteiger partial charge in [-0.1, -0.05) is 31.2 Å². The summed E-state index contributed by atoms with van der Waals surface area (Å²) in [5, 5.41) is 0. The first-order valence-electron chi connectivity index (χ1n) is 8.44. The van der Waals surface area contributed by atoms with E-state index in [2.05, 4.69) is 36.2 Å². The van der Waals surface area contributed by atoms with Crippen molar-refractivity contribution in [3.8, 4) is 22.5 Å². The Morgan fingerprint density at radius 3 is 2.35 bits per heavy atom. The van der Waals surface area contributed by atoms with Gasteiger partial charge in [-0.2, -0.15) is 0 Å². The Labute approximate surface area is 154 Å². The Kier molecular flexibility index (Phi) is 4.17. The number of imidazole rings is 1. The van der Waals surface area contributed by atoms with Crippen LogP contribution in [0.3, 0.4) is 0 Å². The normalized spacial score (nSPS) is 11.2. The molecular weight excluding hydrogens is 347 g/mol. The van der Waals surface area contributed by atoms with E-state index >= 15 is 0 Å². The molecule has 130 valence electrons. The van der Waals surface area contributed by atoms with Crippen molar-refractivity contribution in [2.24, 2.45) is 0 Å². The SMILES string of the molecule is CCc1ccc(-c2c(C)sc3nc(-c4ccc(F)cc4)c(C=O)n23)cc1. The van der Waals surface area contributed by atoms with Crippen molar-refractivity contribution in [1.82, 2.24) is 9.38 Å². The zero-order valence-electron chi connectivity index (χ0n) is 14.5. The van der Waals surface area contributed by atoms with Gasteiger partial charge in [0.15, 0.2) is 11.2 Å². The monoisotopic (exact) mass is 364 g/mol. The van der Waals surface area contributed by atoms with Crippen LogP contribution in [0.4, 0.5) is 4.39 Å². The smallest absolute Gasteiger partial charge is 0.195 e. The average molecular weight is 364 g/mol. The number of aryl methyl sites for hydroxylation is 2. The molecule has 2 heterocycles. The largest absolute Gasteiger partial charge is 0.296 e. The third kappa shape index (κ3) is 2.65. The topological polar surface area (TPSA) is 34.4 Å². The zero-order chi connectivity index (χ0) is 18.3. The molecule has 0 aliphatic heterocycles. The molecule has 0 atom stereocenters. The number of benzene rings is 2. The van der Waals surface area contributed by atoms with Crippen LogP contribution >= 0.6 is 11.3 Å². The molecule has 26 heavy (non-hydrogen) atoms. The van der Waals surface area contributed by atoms with Gasteiger partial charge in [-0.25, -0.2) is 9.37 Å². The molecule has 0 spiro atoms. The number of hydrogen-bond acceptors (Lipinski definition) is 3. The number of carbonyl (C=O) groups is 1.